The molecule has 0 saturated heterocycles. The van der Waals surface area contributed by atoms with E-state index in [9.17, 15) is 14.9 Å². The molecule has 1 atom stereocenters. The Bertz CT molecular complexity index is 1520. The maximum atomic E-state index is 13.4. The number of carbonyl (C=O) groups excluding carboxylic acids is 2. The number of aromatic nitrogens is 2. The number of ether oxygens (including phenoxy) is 1. The van der Waals surface area contributed by atoms with Crippen molar-refractivity contribution in [2.45, 2.75) is 46.6 Å². The lowest BCUT2D eigenvalue weighted by molar-refractivity contribution is -0.140. The molecule has 0 spiro atoms. The van der Waals surface area contributed by atoms with Crippen LogP contribution in [0.2, 0.25) is 0 Å². The van der Waals surface area contributed by atoms with Crippen LogP contribution in [-0.2, 0) is 16.0 Å². The summed E-state index contributed by atoms with van der Waals surface area (Å²) in [5.74, 6) is -0.00560. The van der Waals surface area contributed by atoms with Crippen LogP contribution in [0.5, 0.6) is 5.75 Å². The van der Waals surface area contributed by atoms with Crippen LogP contribution in [-0.4, -0.2) is 39.1 Å². The van der Waals surface area contributed by atoms with Gasteiger partial charge in [-0.05, 0) is 74.2 Å². The Kier molecular flexibility index (Phi) is 6.26. The van der Waals surface area contributed by atoms with Crippen molar-refractivity contribution >= 4 is 17.9 Å². The molecular weight excluding hydrogens is 464 g/mol. The number of hydrogen-bond acceptors (Lipinski definition) is 5. The second kappa shape index (κ2) is 9.55. The average molecular weight is 493 g/mol. The Balaban J connectivity index is 1.71. The van der Waals surface area contributed by atoms with E-state index in [1.807, 2.05) is 56.4 Å². The molecule has 7 nitrogen and oxygen atoms in total. The van der Waals surface area contributed by atoms with Crippen LogP contribution in [0, 0.1) is 18.3 Å². The van der Waals surface area contributed by atoms with Crippen LogP contribution in [0.1, 0.15) is 43.9 Å². The van der Waals surface area contributed by atoms with Crippen LogP contribution >= 0.6 is 0 Å². The maximum Gasteiger partial charge on any atom is 0.271 e. The van der Waals surface area contributed by atoms with Gasteiger partial charge in [0.2, 0.25) is 0 Å². The lowest BCUT2D eigenvalue weighted by atomic mass is 9.92. The van der Waals surface area contributed by atoms with Crippen molar-refractivity contribution in [2.75, 3.05) is 6.54 Å². The number of para-hydroxylation sites is 1. The Hall–Kier alpha value is -4.44. The van der Waals surface area contributed by atoms with E-state index in [2.05, 4.69) is 19.1 Å². The molecule has 2 amide bonds. The van der Waals surface area contributed by atoms with Gasteiger partial charge in [-0.25, -0.2) is 4.68 Å². The number of carbonyl (C=O) groups is 2. The minimum absolute atomic E-state index is 0.00388. The summed E-state index contributed by atoms with van der Waals surface area (Å²) in [6.07, 6.45) is 5.18. The molecule has 0 saturated carbocycles. The lowest BCUT2D eigenvalue weighted by Crippen LogP contribution is -2.43. The molecule has 7 heteroatoms. The summed E-state index contributed by atoms with van der Waals surface area (Å²) in [5.41, 5.74) is 6.10. The Morgan fingerprint density at radius 3 is 2.62 bits per heavy atom. The second-order valence-electron chi connectivity index (χ2n) is 9.56. The Morgan fingerprint density at radius 2 is 1.92 bits per heavy atom. The molecule has 0 N–H and O–H groups in total. The molecule has 2 aliphatic heterocycles. The van der Waals surface area contributed by atoms with E-state index in [1.165, 1.54) is 0 Å². The third kappa shape index (κ3) is 4.25. The molecule has 0 radical (unpaired) electrons. The van der Waals surface area contributed by atoms with Gasteiger partial charge in [-0.15, -0.1) is 0 Å². The van der Waals surface area contributed by atoms with Gasteiger partial charge in [0.1, 0.15) is 23.5 Å². The molecule has 1 aromatic heterocycles. The number of amides is 2. The quantitative estimate of drug-likeness (QED) is 0.362. The zero-order valence-electron chi connectivity index (χ0n) is 21.4. The van der Waals surface area contributed by atoms with Gasteiger partial charge >= 0.3 is 0 Å². The lowest BCUT2D eigenvalue weighted by Gasteiger charge is -2.27. The third-order valence-electron chi connectivity index (χ3n) is 6.79. The highest BCUT2D eigenvalue weighted by Gasteiger charge is 2.35. The monoisotopic (exact) mass is 492 g/mol. The Morgan fingerprint density at radius 1 is 1.16 bits per heavy atom. The summed E-state index contributed by atoms with van der Waals surface area (Å²) in [6.45, 7) is 7.88. The molecule has 1 unspecified atom stereocenters. The number of hydrogen-bond donors (Lipinski definition) is 0. The van der Waals surface area contributed by atoms with E-state index >= 15 is 0 Å². The van der Waals surface area contributed by atoms with Crippen LogP contribution in [0.4, 0.5) is 0 Å². The van der Waals surface area contributed by atoms with Crippen LogP contribution in [0.15, 0.2) is 65.4 Å². The van der Waals surface area contributed by atoms with Crippen molar-refractivity contribution in [3.8, 4) is 28.8 Å². The first kappa shape index (κ1) is 24.3. The van der Waals surface area contributed by atoms with Gasteiger partial charge in [-0.1, -0.05) is 25.1 Å². The van der Waals surface area contributed by atoms with Gasteiger partial charge in [0, 0.05) is 35.9 Å². The summed E-state index contributed by atoms with van der Waals surface area (Å²) in [4.78, 5) is 27.4. The van der Waals surface area contributed by atoms with Gasteiger partial charge in [0.25, 0.3) is 11.8 Å². The van der Waals surface area contributed by atoms with Gasteiger partial charge in [-0.3, -0.25) is 14.5 Å². The van der Waals surface area contributed by atoms with E-state index in [0.29, 0.717) is 23.3 Å². The van der Waals surface area contributed by atoms with E-state index in [4.69, 9.17) is 9.84 Å². The summed E-state index contributed by atoms with van der Waals surface area (Å²) < 4.78 is 7.78. The van der Waals surface area contributed by atoms with E-state index in [1.54, 1.807) is 17.7 Å². The zero-order chi connectivity index (χ0) is 26.3. The summed E-state index contributed by atoms with van der Waals surface area (Å²) in [7, 11) is 0. The molecule has 0 aliphatic carbocycles. The smallest absolute Gasteiger partial charge is 0.271 e. The zero-order valence-corrected chi connectivity index (χ0v) is 21.4. The first-order valence-electron chi connectivity index (χ1n) is 12.5. The summed E-state index contributed by atoms with van der Waals surface area (Å²) in [6, 6.07) is 15.9. The van der Waals surface area contributed by atoms with Gasteiger partial charge in [0.15, 0.2) is 0 Å². The highest BCUT2D eigenvalue weighted by Crippen LogP contribution is 2.38. The fourth-order valence-electron chi connectivity index (χ4n) is 5.00. The van der Waals surface area contributed by atoms with Crippen molar-refractivity contribution in [3.63, 3.8) is 0 Å². The van der Waals surface area contributed by atoms with Gasteiger partial charge in [0.05, 0.1) is 11.4 Å². The molecule has 3 aromatic rings. The topological polar surface area (TPSA) is 88.2 Å². The molecular formula is C30H28N4O3. The number of rotatable bonds is 5. The number of fused-ring (bicyclic) bond motifs is 1. The minimum atomic E-state index is -0.535. The molecule has 0 fully saturated rings. The average Bonchev–Trinajstić information content (AvgIpc) is 3.48. The normalized spacial score (nSPS) is 18.3. The van der Waals surface area contributed by atoms with Crippen LogP contribution in [0.3, 0.4) is 0 Å². The first-order chi connectivity index (χ1) is 17.8. The third-order valence-corrected chi connectivity index (χ3v) is 6.79. The van der Waals surface area contributed by atoms with Gasteiger partial charge < -0.3 is 4.74 Å². The van der Waals surface area contributed by atoms with E-state index in [0.717, 1.165) is 45.0 Å². The number of benzene rings is 2. The van der Waals surface area contributed by atoms with Crippen molar-refractivity contribution in [2.24, 2.45) is 0 Å². The largest absolute Gasteiger partial charge is 0.490 e. The van der Waals surface area contributed by atoms with Crippen LogP contribution < -0.4 is 4.74 Å². The summed E-state index contributed by atoms with van der Waals surface area (Å²) in [5, 5.41) is 14.6. The maximum absolute atomic E-state index is 13.4. The fraction of sp³-hybridized carbons (Fsp3) is 0.267. The van der Waals surface area contributed by atoms with Crippen molar-refractivity contribution in [3.05, 3.63) is 82.1 Å². The predicted molar refractivity (Wildman–Crippen MR) is 141 cm³/mol. The SMILES string of the molecule is CCCN1C(=O)C(C#N)=C(C)/C(=C\c2cn(-c3ccccc3)nc2-c2cc(C)c3c(c2)CC(C)O3)C1=O. The molecule has 2 aliphatic rings. The van der Waals surface area contributed by atoms with Crippen LogP contribution in [0.25, 0.3) is 23.0 Å². The first-order valence-corrected chi connectivity index (χ1v) is 12.5. The number of nitriles is 1. The summed E-state index contributed by atoms with van der Waals surface area (Å²) >= 11 is 0. The molecule has 37 heavy (non-hydrogen) atoms. The van der Waals surface area contributed by atoms with E-state index in [-0.39, 0.29) is 18.2 Å². The number of nitrogens with zero attached hydrogens (tertiary/aromatic N) is 4. The van der Waals surface area contributed by atoms with Crippen molar-refractivity contribution in [1.29, 1.82) is 5.26 Å². The number of imide groups is 1. The second-order valence-corrected chi connectivity index (χ2v) is 9.56. The molecule has 2 aromatic carbocycles. The van der Waals surface area contributed by atoms with Gasteiger partial charge in [-0.2, -0.15) is 10.4 Å². The minimum Gasteiger partial charge on any atom is -0.490 e. The highest BCUT2D eigenvalue weighted by molar-refractivity contribution is 6.19. The van der Waals surface area contributed by atoms with Crippen molar-refractivity contribution in [1.82, 2.24) is 14.7 Å². The molecule has 186 valence electrons. The predicted octanol–water partition coefficient (Wildman–Crippen LogP) is 5.17. The highest BCUT2D eigenvalue weighted by atomic mass is 16.5. The Labute approximate surface area is 216 Å². The molecule has 5 rings (SSSR count). The fourth-order valence-corrected chi connectivity index (χ4v) is 5.00. The van der Waals surface area contributed by atoms with E-state index < -0.39 is 11.8 Å². The molecule has 0 bridgehead atoms. The molecule has 3 heterocycles. The van der Waals surface area contributed by atoms with Crippen molar-refractivity contribution < 1.29 is 14.3 Å². The standard InChI is InChI=1S/C30H28N4O3/c1-5-11-33-29(35)25(20(4)26(16-31)30(33)36)15-23-17-34(24-9-7-6-8-10-24)32-27(23)21-12-18(2)28-22(14-21)13-19(3)37-28/h6-10,12,14-15,17,19H,5,11,13H2,1-4H3/b25-15+. The number of aryl methyl sites for hydroxylation is 1.